The van der Waals surface area contributed by atoms with E-state index in [1.165, 1.54) is 29.5 Å². The van der Waals surface area contributed by atoms with Gasteiger partial charge in [-0.15, -0.1) is 0 Å². The molecule has 0 saturated carbocycles. The molecule has 21 heavy (non-hydrogen) atoms. The Morgan fingerprint density at radius 3 is 2.62 bits per heavy atom. The molecule has 1 aromatic heterocycles. The highest BCUT2D eigenvalue weighted by Gasteiger charge is 2.17. The fourth-order valence-corrected chi connectivity index (χ4v) is 3.01. The van der Waals surface area contributed by atoms with Crippen LogP contribution in [0.5, 0.6) is 11.5 Å². The van der Waals surface area contributed by atoms with Crippen LogP contribution in [-0.4, -0.2) is 21.1 Å². The minimum atomic E-state index is -0.629. The van der Waals surface area contributed by atoms with Crippen molar-refractivity contribution in [2.45, 2.75) is 0 Å². The number of hydrogen-bond acceptors (Lipinski definition) is 5. The number of phenolic OH excluding ortho intramolecular Hbond substituents is 2. The largest absolute Gasteiger partial charge is 0.507 e. The maximum absolute atomic E-state index is 12.1. The summed E-state index contributed by atoms with van der Waals surface area (Å²) in [6.07, 6.45) is 0. The Hall–Kier alpha value is -2.31. The van der Waals surface area contributed by atoms with Crippen LogP contribution in [0.1, 0.15) is 10.4 Å². The summed E-state index contributed by atoms with van der Waals surface area (Å²) in [6.45, 7) is 0. The van der Waals surface area contributed by atoms with Crippen LogP contribution in [0.4, 0.5) is 5.13 Å². The number of nitrogens with one attached hydrogen (secondary N) is 1. The van der Waals surface area contributed by atoms with Crippen LogP contribution in [0.25, 0.3) is 10.2 Å². The third kappa shape index (κ3) is 2.63. The molecule has 1 heterocycles. The topological polar surface area (TPSA) is 82.5 Å². The lowest BCUT2D eigenvalue weighted by Gasteiger charge is -2.05. The number of carbonyl (C=O) groups excluding carboxylic acids is 1. The summed E-state index contributed by atoms with van der Waals surface area (Å²) in [5, 5.41) is 22.8. The second-order valence-electron chi connectivity index (χ2n) is 4.26. The van der Waals surface area contributed by atoms with E-state index in [0.29, 0.717) is 15.7 Å². The van der Waals surface area contributed by atoms with Gasteiger partial charge in [0.05, 0.1) is 10.2 Å². The van der Waals surface area contributed by atoms with Gasteiger partial charge in [-0.25, -0.2) is 4.98 Å². The van der Waals surface area contributed by atoms with Crippen LogP contribution in [0.3, 0.4) is 0 Å². The molecular formula is C14H9ClN2O3S. The van der Waals surface area contributed by atoms with Crippen LogP contribution in [0.2, 0.25) is 5.02 Å². The van der Waals surface area contributed by atoms with Crippen molar-refractivity contribution in [3.63, 3.8) is 0 Å². The van der Waals surface area contributed by atoms with Crippen LogP contribution in [0, 0.1) is 0 Å². The van der Waals surface area contributed by atoms with Crippen LogP contribution < -0.4 is 5.32 Å². The molecule has 3 N–H and O–H groups in total. The highest BCUT2D eigenvalue weighted by molar-refractivity contribution is 7.22. The summed E-state index contributed by atoms with van der Waals surface area (Å²) < 4.78 is 0.833. The third-order valence-electron chi connectivity index (χ3n) is 2.82. The molecule has 0 aliphatic rings. The van der Waals surface area contributed by atoms with Crippen molar-refractivity contribution in [2.24, 2.45) is 0 Å². The Morgan fingerprint density at radius 2 is 1.90 bits per heavy atom. The van der Waals surface area contributed by atoms with E-state index >= 15 is 0 Å². The zero-order valence-electron chi connectivity index (χ0n) is 10.5. The van der Waals surface area contributed by atoms with E-state index in [1.807, 2.05) is 0 Å². The van der Waals surface area contributed by atoms with E-state index in [-0.39, 0.29) is 17.1 Å². The number of rotatable bonds is 2. The van der Waals surface area contributed by atoms with Crippen molar-refractivity contribution >= 4 is 44.2 Å². The van der Waals surface area contributed by atoms with Gasteiger partial charge >= 0.3 is 0 Å². The number of hydrogen-bond donors (Lipinski definition) is 3. The molecule has 0 aliphatic carbocycles. The molecule has 2 aromatic carbocycles. The van der Waals surface area contributed by atoms with Gasteiger partial charge in [-0.3, -0.25) is 10.1 Å². The van der Waals surface area contributed by atoms with E-state index in [4.69, 9.17) is 11.6 Å². The number of carbonyl (C=O) groups is 1. The molecule has 0 fully saturated rings. The van der Waals surface area contributed by atoms with Crippen molar-refractivity contribution < 1.29 is 15.0 Å². The molecule has 106 valence electrons. The fraction of sp³-hybridized carbons (Fsp3) is 0. The fourth-order valence-electron chi connectivity index (χ4n) is 1.87. The predicted molar refractivity (Wildman–Crippen MR) is 82.4 cm³/mol. The van der Waals surface area contributed by atoms with E-state index < -0.39 is 5.91 Å². The van der Waals surface area contributed by atoms with Gasteiger partial charge in [0.1, 0.15) is 17.1 Å². The molecule has 0 unspecified atom stereocenters. The third-order valence-corrected chi connectivity index (χ3v) is 3.99. The van der Waals surface area contributed by atoms with Gasteiger partial charge in [0, 0.05) is 5.02 Å². The molecule has 0 aliphatic heterocycles. The molecule has 0 radical (unpaired) electrons. The first-order valence-corrected chi connectivity index (χ1v) is 7.12. The molecule has 0 bridgehead atoms. The van der Waals surface area contributed by atoms with Crippen molar-refractivity contribution in [1.82, 2.24) is 4.98 Å². The summed E-state index contributed by atoms with van der Waals surface area (Å²) in [4.78, 5) is 16.4. The van der Waals surface area contributed by atoms with E-state index in [2.05, 4.69) is 10.3 Å². The van der Waals surface area contributed by atoms with Crippen molar-refractivity contribution in [3.05, 3.63) is 47.0 Å². The first kappa shape index (κ1) is 13.7. The average molecular weight is 321 g/mol. The zero-order chi connectivity index (χ0) is 15.0. The molecular weight excluding hydrogens is 312 g/mol. The number of benzene rings is 2. The number of phenols is 2. The normalized spacial score (nSPS) is 10.7. The van der Waals surface area contributed by atoms with Crippen LogP contribution >= 0.6 is 22.9 Å². The number of aromatic nitrogens is 1. The second-order valence-corrected chi connectivity index (χ2v) is 5.72. The number of anilines is 1. The first-order chi connectivity index (χ1) is 10.0. The number of halogens is 1. The molecule has 0 spiro atoms. The van der Waals surface area contributed by atoms with Gasteiger partial charge in [0.25, 0.3) is 5.91 Å². The monoisotopic (exact) mass is 320 g/mol. The molecule has 0 atom stereocenters. The summed E-state index contributed by atoms with van der Waals surface area (Å²) in [5.41, 5.74) is 0.524. The Balaban J connectivity index is 1.93. The molecule has 3 aromatic rings. The zero-order valence-corrected chi connectivity index (χ0v) is 12.1. The van der Waals surface area contributed by atoms with E-state index in [0.717, 1.165) is 4.70 Å². The number of nitrogens with zero attached hydrogens (tertiary/aromatic N) is 1. The highest BCUT2D eigenvalue weighted by atomic mass is 35.5. The lowest BCUT2D eigenvalue weighted by Crippen LogP contribution is -2.12. The second kappa shape index (κ2) is 5.23. The minimum Gasteiger partial charge on any atom is -0.507 e. The van der Waals surface area contributed by atoms with Gasteiger partial charge in [0.15, 0.2) is 5.13 Å². The van der Waals surface area contributed by atoms with Crippen LogP contribution in [-0.2, 0) is 0 Å². The van der Waals surface area contributed by atoms with Gasteiger partial charge in [-0.05, 0) is 30.3 Å². The molecule has 0 saturated heterocycles. The van der Waals surface area contributed by atoms with Gasteiger partial charge in [0.2, 0.25) is 0 Å². The van der Waals surface area contributed by atoms with E-state index in [1.54, 1.807) is 18.2 Å². The highest BCUT2D eigenvalue weighted by Crippen LogP contribution is 2.31. The Labute approximate surface area is 128 Å². The maximum atomic E-state index is 12.1. The van der Waals surface area contributed by atoms with E-state index in [9.17, 15) is 15.0 Å². The number of aromatic hydroxyl groups is 2. The quantitative estimate of drug-likeness (QED) is 0.673. The van der Waals surface area contributed by atoms with Crippen molar-refractivity contribution in [3.8, 4) is 11.5 Å². The Bertz CT molecular complexity index is 827. The Morgan fingerprint density at radius 1 is 1.19 bits per heavy atom. The van der Waals surface area contributed by atoms with Gasteiger partial charge in [-0.2, -0.15) is 0 Å². The van der Waals surface area contributed by atoms with Gasteiger partial charge in [-0.1, -0.05) is 29.0 Å². The lowest BCUT2D eigenvalue weighted by molar-refractivity contribution is 0.102. The predicted octanol–water partition coefficient (Wildman–Crippen LogP) is 3.61. The summed E-state index contributed by atoms with van der Waals surface area (Å²) in [6, 6.07) is 9.31. The maximum Gasteiger partial charge on any atom is 0.264 e. The average Bonchev–Trinajstić information content (AvgIpc) is 2.79. The standard InChI is InChI=1S/C14H9ClN2O3S/c15-7-4-5-8-11(6-7)21-14(16-8)17-13(20)12-9(18)2-1-3-10(12)19/h1-6,18-19H,(H,16,17,20). The van der Waals surface area contributed by atoms with Crippen molar-refractivity contribution in [1.29, 1.82) is 0 Å². The minimum absolute atomic E-state index is 0.185. The van der Waals surface area contributed by atoms with Crippen LogP contribution in [0.15, 0.2) is 36.4 Å². The molecule has 5 nitrogen and oxygen atoms in total. The molecule has 1 amide bonds. The summed E-state index contributed by atoms with van der Waals surface area (Å²) >= 11 is 7.15. The summed E-state index contributed by atoms with van der Waals surface area (Å²) in [5.74, 6) is -1.22. The van der Waals surface area contributed by atoms with Crippen molar-refractivity contribution in [2.75, 3.05) is 5.32 Å². The number of fused-ring (bicyclic) bond motifs is 1. The summed E-state index contributed by atoms with van der Waals surface area (Å²) in [7, 11) is 0. The van der Waals surface area contributed by atoms with Gasteiger partial charge < -0.3 is 10.2 Å². The molecule has 3 rings (SSSR count). The number of amides is 1. The number of thiazole rings is 1. The smallest absolute Gasteiger partial charge is 0.264 e. The molecule has 7 heteroatoms. The first-order valence-electron chi connectivity index (χ1n) is 5.93. The Kier molecular flexibility index (Phi) is 3.40. The SMILES string of the molecule is O=C(Nc1nc2ccc(Cl)cc2s1)c1c(O)cccc1O. The lowest BCUT2D eigenvalue weighted by atomic mass is 10.1.